The van der Waals surface area contributed by atoms with Gasteiger partial charge in [0.15, 0.2) is 0 Å². The molecule has 4 heteroatoms. The van der Waals surface area contributed by atoms with Crippen molar-refractivity contribution in [3.05, 3.63) is 71.0 Å². The van der Waals surface area contributed by atoms with Gasteiger partial charge in [0.25, 0.3) is 0 Å². The van der Waals surface area contributed by atoms with Crippen molar-refractivity contribution in [1.82, 2.24) is 10.2 Å². The maximum absolute atomic E-state index is 13.5. The third kappa shape index (κ3) is 3.49. The van der Waals surface area contributed by atoms with E-state index < -0.39 is 0 Å². The van der Waals surface area contributed by atoms with Crippen LogP contribution < -0.4 is 5.32 Å². The van der Waals surface area contributed by atoms with Gasteiger partial charge in [-0.25, -0.2) is 4.39 Å². The molecule has 0 aromatic heterocycles. The van der Waals surface area contributed by atoms with Gasteiger partial charge in [0.05, 0.1) is 5.41 Å². The van der Waals surface area contributed by atoms with E-state index in [1.54, 1.807) is 0 Å². The van der Waals surface area contributed by atoms with Gasteiger partial charge in [-0.3, -0.25) is 9.69 Å². The number of rotatable bonds is 3. The van der Waals surface area contributed by atoms with Gasteiger partial charge in [-0.05, 0) is 55.9 Å². The van der Waals surface area contributed by atoms with Crippen LogP contribution in [0, 0.1) is 18.2 Å². The molecule has 2 saturated heterocycles. The first kappa shape index (κ1) is 20.7. The molecule has 1 spiro atoms. The van der Waals surface area contributed by atoms with Crippen LogP contribution in [-0.2, 0) is 10.3 Å². The van der Waals surface area contributed by atoms with Gasteiger partial charge in [0, 0.05) is 31.1 Å². The van der Waals surface area contributed by atoms with Crippen LogP contribution in [0.2, 0.25) is 0 Å². The number of piperidine rings is 1. The van der Waals surface area contributed by atoms with Crippen LogP contribution in [0.1, 0.15) is 67.6 Å². The van der Waals surface area contributed by atoms with Crippen LogP contribution in [0.3, 0.4) is 0 Å². The van der Waals surface area contributed by atoms with Gasteiger partial charge >= 0.3 is 0 Å². The van der Waals surface area contributed by atoms with Gasteiger partial charge in [-0.15, -0.1) is 0 Å². The highest BCUT2D eigenvalue weighted by Gasteiger charge is 2.54. The highest BCUT2D eigenvalue weighted by molar-refractivity contribution is 5.86. The first-order valence-electron chi connectivity index (χ1n) is 11.9. The summed E-state index contributed by atoms with van der Waals surface area (Å²) < 4.78 is 13.5. The van der Waals surface area contributed by atoms with Crippen molar-refractivity contribution in [2.24, 2.45) is 5.41 Å². The van der Waals surface area contributed by atoms with Crippen LogP contribution in [-0.4, -0.2) is 30.4 Å². The highest BCUT2D eigenvalue weighted by Crippen LogP contribution is 2.51. The number of amides is 1. The van der Waals surface area contributed by atoms with E-state index in [2.05, 4.69) is 41.4 Å². The molecule has 2 heterocycles. The number of carbonyl (C=O) groups excluding carboxylic acids is 1. The number of likely N-dealkylation sites (tertiary alicyclic amines) is 1. The van der Waals surface area contributed by atoms with Gasteiger partial charge in [-0.1, -0.05) is 61.2 Å². The summed E-state index contributed by atoms with van der Waals surface area (Å²) >= 11 is 0. The Morgan fingerprint density at radius 1 is 0.968 bits per heavy atom. The predicted octanol–water partition coefficient (Wildman–Crippen LogP) is 5.29. The van der Waals surface area contributed by atoms with Gasteiger partial charge in [0.2, 0.25) is 5.91 Å². The zero-order valence-electron chi connectivity index (χ0n) is 18.5. The molecule has 164 valence electrons. The Labute approximate surface area is 185 Å². The minimum Gasteiger partial charge on any atom is -0.355 e. The molecular formula is C27H33FN2O. The molecule has 3 nitrogen and oxygen atoms in total. The molecule has 31 heavy (non-hydrogen) atoms. The predicted molar refractivity (Wildman–Crippen MR) is 121 cm³/mol. The molecule has 0 bridgehead atoms. The first-order chi connectivity index (χ1) is 15.0. The van der Waals surface area contributed by atoms with Crippen molar-refractivity contribution in [3.63, 3.8) is 0 Å². The van der Waals surface area contributed by atoms with Crippen molar-refractivity contribution >= 4 is 5.91 Å². The average molecular weight is 421 g/mol. The summed E-state index contributed by atoms with van der Waals surface area (Å²) in [7, 11) is 0. The van der Waals surface area contributed by atoms with E-state index in [0.29, 0.717) is 6.54 Å². The molecule has 1 atom stereocenters. The fraction of sp³-hybridized carbons (Fsp3) is 0.519. The van der Waals surface area contributed by atoms with Crippen molar-refractivity contribution in [2.45, 2.75) is 63.3 Å². The third-order valence-electron chi connectivity index (χ3n) is 8.36. The summed E-state index contributed by atoms with van der Waals surface area (Å²) in [6.07, 6.45) is 8.01. The average Bonchev–Trinajstić information content (AvgIpc) is 3.11. The molecule has 1 unspecified atom stereocenters. The molecule has 1 aliphatic carbocycles. The molecule has 1 N–H and O–H groups in total. The Morgan fingerprint density at radius 2 is 1.68 bits per heavy atom. The quantitative estimate of drug-likeness (QED) is 0.732. The summed E-state index contributed by atoms with van der Waals surface area (Å²) in [5.74, 6) is 0.0982. The number of hydrogen-bond acceptors (Lipinski definition) is 2. The molecular weight excluding hydrogens is 387 g/mol. The maximum Gasteiger partial charge on any atom is 0.227 e. The highest BCUT2D eigenvalue weighted by atomic mass is 19.1. The van der Waals surface area contributed by atoms with E-state index in [4.69, 9.17) is 0 Å². The second-order valence-corrected chi connectivity index (χ2v) is 9.92. The zero-order valence-corrected chi connectivity index (χ0v) is 18.5. The Balaban J connectivity index is 1.42. The fourth-order valence-corrected chi connectivity index (χ4v) is 6.62. The Morgan fingerprint density at radius 3 is 2.35 bits per heavy atom. The summed E-state index contributed by atoms with van der Waals surface area (Å²) in [6.45, 7) is 4.73. The monoisotopic (exact) mass is 420 g/mol. The van der Waals surface area contributed by atoms with E-state index in [0.717, 1.165) is 31.5 Å². The van der Waals surface area contributed by atoms with Crippen molar-refractivity contribution in [1.29, 1.82) is 0 Å². The molecule has 2 aliphatic heterocycles. The summed E-state index contributed by atoms with van der Waals surface area (Å²) in [6, 6.07) is 15.8. The number of aryl methyl sites for hydroxylation is 1. The van der Waals surface area contributed by atoms with Crippen LogP contribution >= 0.6 is 0 Å². The standard InChI is InChI=1S/C27H33FN2O/c1-20-6-5-7-22(18-20)27(12-3-2-4-13-27)30-16-14-26(15-17-30)24(19-29-25(26)31)21-8-10-23(28)11-9-21/h5-11,18,24H,2-4,12-17,19H2,1H3,(H,29,31). The normalized spacial score (nSPS) is 25.5. The number of benzene rings is 2. The second-order valence-electron chi connectivity index (χ2n) is 9.92. The molecule has 3 fully saturated rings. The largest absolute Gasteiger partial charge is 0.355 e. The number of nitrogens with zero attached hydrogens (tertiary/aromatic N) is 1. The Hall–Kier alpha value is -2.20. The zero-order chi connectivity index (χ0) is 21.5. The lowest BCUT2D eigenvalue weighted by Gasteiger charge is -2.52. The molecule has 5 rings (SSSR count). The lowest BCUT2D eigenvalue weighted by Crippen LogP contribution is -2.54. The molecule has 2 aromatic carbocycles. The van der Waals surface area contributed by atoms with Gasteiger partial charge in [0.1, 0.15) is 5.82 Å². The topological polar surface area (TPSA) is 32.3 Å². The molecule has 1 saturated carbocycles. The van der Waals surface area contributed by atoms with E-state index in [9.17, 15) is 9.18 Å². The third-order valence-corrected chi connectivity index (χ3v) is 8.36. The van der Waals surface area contributed by atoms with Crippen molar-refractivity contribution in [3.8, 4) is 0 Å². The van der Waals surface area contributed by atoms with E-state index in [1.807, 2.05) is 12.1 Å². The summed E-state index contributed by atoms with van der Waals surface area (Å²) in [4.78, 5) is 15.8. The number of hydrogen-bond donors (Lipinski definition) is 1. The molecule has 3 aliphatic rings. The smallest absolute Gasteiger partial charge is 0.227 e. The van der Waals surface area contributed by atoms with Gasteiger partial charge < -0.3 is 5.32 Å². The molecule has 0 radical (unpaired) electrons. The Kier molecular flexibility index (Phi) is 5.37. The van der Waals surface area contributed by atoms with Gasteiger partial charge in [-0.2, -0.15) is 0 Å². The fourth-order valence-electron chi connectivity index (χ4n) is 6.62. The van der Waals surface area contributed by atoms with Crippen LogP contribution in [0.4, 0.5) is 4.39 Å². The minimum atomic E-state index is -0.364. The lowest BCUT2D eigenvalue weighted by molar-refractivity contribution is -0.132. The number of halogens is 1. The molecule has 1 amide bonds. The van der Waals surface area contributed by atoms with Crippen LogP contribution in [0.25, 0.3) is 0 Å². The number of nitrogens with one attached hydrogen (secondary N) is 1. The Bertz CT molecular complexity index is 940. The second kappa shape index (κ2) is 8.05. The number of carbonyl (C=O) groups is 1. The van der Waals surface area contributed by atoms with Crippen LogP contribution in [0.15, 0.2) is 48.5 Å². The van der Waals surface area contributed by atoms with E-state index in [-0.39, 0.29) is 28.6 Å². The maximum atomic E-state index is 13.5. The summed E-state index contributed by atoms with van der Waals surface area (Å²) in [5.41, 5.74) is 3.60. The van der Waals surface area contributed by atoms with Crippen molar-refractivity contribution in [2.75, 3.05) is 19.6 Å². The SMILES string of the molecule is Cc1cccc(C2(N3CCC4(CC3)C(=O)NCC4c3ccc(F)cc3)CCCCC2)c1. The van der Waals surface area contributed by atoms with Crippen LogP contribution in [0.5, 0.6) is 0 Å². The van der Waals surface area contributed by atoms with E-state index in [1.165, 1.54) is 55.4 Å². The minimum absolute atomic E-state index is 0.104. The van der Waals surface area contributed by atoms with E-state index >= 15 is 0 Å². The summed E-state index contributed by atoms with van der Waals surface area (Å²) in [5, 5.41) is 3.14. The first-order valence-corrected chi connectivity index (χ1v) is 11.9. The lowest BCUT2D eigenvalue weighted by atomic mass is 9.66. The molecule has 2 aromatic rings. The van der Waals surface area contributed by atoms with Crippen molar-refractivity contribution < 1.29 is 9.18 Å².